The van der Waals surface area contributed by atoms with Gasteiger partial charge >= 0.3 is 0 Å². The Morgan fingerprint density at radius 3 is 2.68 bits per heavy atom. The molecule has 0 aliphatic rings. The first-order valence-corrected chi connectivity index (χ1v) is 8.13. The number of carbonyl (C=O) groups excluding carboxylic acids is 1. The molecule has 0 aromatic heterocycles. The molecule has 2 aromatic carbocycles. The molecule has 0 atom stereocenters. The summed E-state index contributed by atoms with van der Waals surface area (Å²) in [7, 11) is 0. The number of aryl methyl sites for hydroxylation is 1. The zero-order valence-electron chi connectivity index (χ0n) is 10.7. The summed E-state index contributed by atoms with van der Waals surface area (Å²) in [4.78, 5) is 13.4. The Bertz CT molecular complexity index is 580. The van der Waals surface area contributed by atoms with Gasteiger partial charge < -0.3 is 0 Å². The number of halogens is 1. The van der Waals surface area contributed by atoms with Gasteiger partial charge in [-0.2, -0.15) is 0 Å². The molecule has 19 heavy (non-hydrogen) atoms. The highest BCUT2D eigenvalue weighted by Gasteiger charge is 2.08. The van der Waals surface area contributed by atoms with Crippen molar-refractivity contribution in [3.8, 4) is 0 Å². The Hall–Kier alpha value is -1.06. The number of thioether (sulfide) groups is 1. The van der Waals surface area contributed by atoms with E-state index in [4.69, 9.17) is 0 Å². The van der Waals surface area contributed by atoms with Crippen molar-refractivity contribution in [1.29, 1.82) is 0 Å². The summed E-state index contributed by atoms with van der Waals surface area (Å²) in [6, 6.07) is 15.8. The summed E-state index contributed by atoms with van der Waals surface area (Å²) in [5.41, 5.74) is 2.02. The zero-order valence-corrected chi connectivity index (χ0v) is 13.1. The van der Waals surface area contributed by atoms with E-state index in [0.717, 1.165) is 16.5 Å². The van der Waals surface area contributed by atoms with Gasteiger partial charge in [0.2, 0.25) is 0 Å². The predicted octanol–water partition coefficient (Wildman–Crippen LogP) is 4.99. The van der Waals surface area contributed by atoms with Gasteiger partial charge in [-0.3, -0.25) is 4.79 Å². The van der Waals surface area contributed by atoms with E-state index in [1.807, 2.05) is 36.4 Å². The van der Waals surface area contributed by atoms with Gasteiger partial charge in [0.05, 0.1) is 0 Å². The maximum atomic E-state index is 12.1. The molecule has 0 amide bonds. The summed E-state index contributed by atoms with van der Waals surface area (Å²) in [5, 5.41) is 0. The monoisotopic (exact) mass is 334 g/mol. The highest BCUT2D eigenvalue weighted by Crippen LogP contribution is 2.22. The molecule has 0 aliphatic carbocycles. The predicted molar refractivity (Wildman–Crippen MR) is 85.0 cm³/mol. The largest absolute Gasteiger partial charge is 0.294 e. The van der Waals surface area contributed by atoms with Crippen LogP contribution in [0.5, 0.6) is 0 Å². The molecule has 2 aromatic rings. The second-order valence-electron chi connectivity index (χ2n) is 4.25. The second kappa shape index (κ2) is 6.92. The van der Waals surface area contributed by atoms with E-state index in [0.29, 0.717) is 6.42 Å². The van der Waals surface area contributed by atoms with E-state index in [-0.39, 0.29) is 5.78 Å². The minimum Gasteiger partial charge on any atom is -0.294 e. The summed E-state index contributed by atoms with van der Waals surface area (Å²) >= 11 is 5.12. The minimum atomic E-state index is 0.192. The topological polar surface area (TPSA) is 17.1 Å². The van der Waals surface area contributed by atoms with Gasteiger partial charge in [-0.05, 0) is 36.4 Å². The van der Waals surface area contributed by atoms with Crippen molar-refractivity contribution in [1.82, 2.24) is 0 Å². The van der Waals surface area contributed by atoms with Crippen LogP contribution in [-0.4, -0.2) is 12.0 Å². The van der Waals surface area contributed by atoms with Crippen molar-refractivity contribution in [2.45, 2.75) is 17.7 Å². The number of hydrogen-bond donors (Lipinski definition) is 0. The fourth-order valence-corrected chi connectivity index (χ4v) is 3.01. The first-order valence-electron chi connectivity index (χ1n) is 6.11. The van der Waals surface area contributed by atoms with Crippen LogP contribution in [0.1, 0.15) is 22.3 Å². The molecule has 0 saturated heterocycles. The van der Waals surface area contributed by atoms with Crippen LogP contribution in [0.4, 0.5) is 0 Å². The number of hydrogen-bond acceptors (Lipinski definition) is 2. The Kier molecular flexibility index (Phi) is 5.23. The second-order valence-corrected chi connectivity index (χ2v) is 6.01. The molecule has 98 valence electrons. The fraction of sp³-hybridized carbons (Fsp3) is 0.188. The molecule has 0 spiro atoms. The van der Waals surface area contributed by atoms with Gasteiger partial charge in [0.1, 0.15) is 0 Å². The summed E-state index contributed by atoms with van der Waals surface area (Å²) < 4.78 is 0.947. The molecule has 3 heteroatoms. The lowest BCUT2D eigenvalue weighted by Crippen LogP contribution is -2.01. The van der Waals surface area contributed by atoms with Crippen LogP contribution in [-0.2, 0) is 6.42 Å². The van der Waals surface area contributed by atoms with Gasteiger partial charge in [0.25, 0.3) is 0 Å². The molecule has 1 nitrogen and oxygen atoms in total. The smallest absolute Gasteiger partial charge is 0.163 e. The van der Waals surface area contributed by atoms with Crippen LogP contribution in [0.25, 0.3) is 0 Å². The first-order chi connectivity index (χ1) is 9.20. The van der Waals surface area contributed by atoms with E-state index in [1.54, 1.807) is 11.8 Å². The lowest BCUT2D eigenvalue weighted by atomic mass is 10.0. The molecule has 0 bridgehead atoms. The number of Topliss-reactive ketones (excluding diaryl/α,β-unsaturated/α-hetero) is 1. The van der Waals surface area contributed by atoms with Gasteiger partial charge in [-0.1, -0.05) is 46.3 Å². The number of rotatable bonds is 5. The van der Waals surface area contributed by atoms with Crippen LogP contribution < -0.4 is 0 Å². The average molecular weight is 335 g/mol. The zero-order chi connectivity index (χ0) is 13.7. The van der Waals surface area contributed by atoms with Crippen LogP contribution >= 0.6 is 27.7 Å². The first kappa shape index (κ1) is 14.4. The standard InChI is InChI=1S/C16H15BrOS/c1-19-16-8-3-2-5-12(16)9-10-15(18)13-6-4-7-14(17)11-13/h2-8,11H,9-10H2,1H3. The molecule has 0 unspecified atom stereocenters. The van der Waals surface area contributed by atoms with Crippen molar-refractivity contribution in [3.63, 3.8) is 0 Å². The van der Waals surface area contributed by atoms with Crippen LogP contribution in [0.3, 0.4) is 0 Å². The average Bonchev–Trinajstić information content (AvgIpc) is 2.45. The van der Waals surface area contributed by atoms with Crippen LogP contribution in [0.15, 0.2) is 57.9 Å². The van der Waals surface area contributed by atoms with E-state index in [1.165, 1.54) is 10.5 Å². The third-order valence-corrected chi connectivity index (χ3v) is 4.29. The number of ketones is 1. The number of benzene rings is 2. The van der Waals surface area contributed by atoms with Crippen molar-refractivity contribution >= 4 is 33.5 Å². The number of carbonyl (C=O) groups is 1. The Balaban J connectivity index is 2.04. The van der Waals surface area contributed by atoms with Gasteiger partial charge in [0, 0.05) is 21.4 Å². The quantitative estimate of drug-likeness (QED) is 0.566. The molecule has 0 N–H and O–H groups in total. The molecule has 0 heterocycles. The summed E-state index contributed by atoms with van der Waals surface area (Å²) in [6.07, 6.45) is 3.41. The minimum absolute atomic E-state index is 0.192. The van der Waals surface area contributed by atoms with E-state index in [9.17, 15) is 4.79 Å². The Morgan fingerprint density at radius 1 is 1.16 bits per heavy atom. The van der Waals surface area contributed by atoms with Crippen LogP contribution in [0.2, 0.25) is 0 Å². The summed E-state index contributed by atoms with van der Waals surface area (Å²) in [6.45, 7) is 0. The normalized spacial score (nSPS) is 10.4. The van der Waals surface area contributed by atoms with Crippen molar-refractivity contribution < 1.29 is 4.79 Å². The van der Waals surface area contributed by atoms with Gasteiger partial charge in [-0.25, -0.2) is 0 Å². The van der Waals surface area contributed by atoms with E-state index in [2.05, 4.69) is 34.3 Å². The molecule has 0 aliphatic heterocycles. The van der Waals surface area contributed by atoms with E-state index >= 15 is 0 Å². The maximum Gasteiger partial charge on any atom is 0.163 e. The third kappa shape index (κ3) is 3.95. The SMILES string of the molecule is CSc1ccccc1CCC(=O)c1cccc(Br)c1. The highest BCUT2D eigenvalue weighted by atomic mass is 79.9. The Labute approximate surface area is 126 Å². The third-order valence-electron chi connectivity index (χ3n) is 2.96. The van der Waals surface area contributed by atoms with Crippen molar-refractivity contribution in [2.75, 3.05) is 6.26 Å². The van der Waals surface area contributed by atoms with Gasteiger partial charge in [0.15, 0.2) is 5.78 Å². The maximum absolute atomic E-state index is 12.1. The lowest BCUT2D eigenvalue weighted by molar-refractivity contribution is 0.0982. The van der Waals surface area contributed by atoms with Crippen LogP contribution in [0, 0.1) is 0 Å². The lowest BCUT2D eigenvalue weighted by Gasteiger charge is -2.06. The molecule has 0 fully saturated rings. The Morgan fingerprint density at radius 2 is 1.95 bits per heavy atom. The van der Waals surface area contributed by atoms with Crippen molar-refractivity contribution in [3.05, 3.63) is 64.1 Å². The highest BCUT2D eigenvalue weighted by molar-refractivity contribution is 9.10. The molecular weight excluding hydrogens is 320 g/mol. The van der Waals surface area contributed by atoms with Gasteiger partial charge in [-0.15, -0.1) is 11.8 Å². The van der Waals surface area contributed by atoms with Crippen molar-refractivity contribution in [2.24, 2.45) is 0 Å². The molecular formula is C16H15BrOS. The fourth-order valence-electron chi connectivity index (χ4n) is 1.96. The molecule has 2 rings (SSSR count). The summed E-state index contributed by atoms with van der Waals surface area (Å²) in [5.74, 6) is 0.192. The molecule has 0 saturated carbocycles. The van der Waals surface area contributed by atoms with E-state index < -0.39 is 0 Å². The molecule has 0 radical (unpaired) electrons.